The lowest BCUT2D eigenvalue weighted by Gasteiger charge is -2.08. The van der Waals surface area contributed by atoms with Crippen LogP contribution in [0.4, 0.5) is 11.4 Å². The quantitative estimate of drug-likeness (QED) is 0.708. The first-order valence-electron chi connectivity index (χ1n) is 8.96. The van der Waals surface area contributed by atoms with Crippen LogP contribution in [-0.4, -0.2) is 16.4 Å². The van der Waals surface area contributed by atoms with E-state index in [1.165, 1.54) is 0 Å². The van der Waals surface area contributed by atoms with Gasteiger partial charge in [-0.2, -0.15) is 5.26 Å². The van der Waals surface area contributed by atoms with E-state index in [1.807, 2.05) is 0 Å². The lowest BCUT2D eigenvalue weighted by atomic mass is 10.1. The molecule has 0 unspecified atom stereocenters. The average molecular weight is 374 g/mol. The predicted octanol–water partition coefficient (Wildman–Crippen LogP) is 3.85. The molecule has 2 amide bonds. The van der Waals surface area contributed by atoms with E-state index in [4.69, 9.17) is 4.42 Å². The summed E-state index contributed by atoms with van der Waals surface area (Å²) in [5.41, 5.74) is 1.50. The van der Waals surface area contributed by atoms with E-state index in [1.54, 1.807) is 60.3 Å². The van der Waals surface area contributed by atoms with Crippen LogP contribution in [0.15, 0.2) is 53.2 Å². The Morgan fingerprint density at radius 1 is 1.14 bits per heavy atom. The first-order valence-corrected chi connectivity index (χ1v) is 8.96. The zero-order valence-corrected chi connectivity index (χ0v) is 15.2. The molecular formula is C21H18N4O3. The van der Waals surface area contributed by atoms with Crippen LogP contribution in [0.2, 0.25) is 0 Å². The molecule has 3 aromatic rings. The molecule has 1 aliphatic carbocycles. The largest absolute Gasteiger partial charge is 0.443 e. The van der Waals surface area contributed by atoms with Crippen molar-refractivity contribution in [2.45, 2.75) is 19.8 Å². The maximum atomic E-state index is 12.8. The molecule has 0 spiro atoms. The second-order valence-electron chi connectivity index (χ2n) is 6.71. The normalized spacial score (nSPS) is 13.0. The van der Waals surface area contributed by atoms with Crippen molar-refractivity contribution in [3.63, 3.8) is 0 Å². The van der Waals surface area contributed by atoms with E-state index < -0.39 is 5.91 Å². The molecule has 0 atom stereocenters. The van der Waals surface area contributed by atoms with Gasteiger partial charge in [-0.1, -0.05) is 6.07 Å². The summed E-state index contributed by atoms with van der Waals surface area (Å²) in [6.45, 7) is 1.65. The molecule has 0 radical (unpaired) electrons. The van der Waals surface area contributed by atoms with Crippen molar-refractivity contribution < 1.29 is 14.0 Å². The summed E-state index contributed by atoms with van der Waals surface area (Å²) in [5, 5.41) is 15.2. The van der Waals surface area contributed by atoms with Gasteiger partial charge in [0.05, 0.1) is 0 Å². The highest BCUT2D eigenvalue weighted by atomic mass is 16.4. The van der Waals surface area contributed by atoms with E-state index in [9.17, 15) is 14.9 Å². The molecule has 0 bridgehead atoms. The van der Waals surface area contributed by atoms with Crippen LogP contribution < -0.4 is 10.6 Å². The lowest BCUT2D eigenvalue weighted by molar-refractivity contribution is -0.117. The van der Waals surface area contributed by atoms with Crippen LogP contribution in [0.1, 0.15) is 34.5 Å². The Bertz CT molecular complexity index is 1090. The van der Waals surface area contributed by atoms with Crippen molar-refractivity contribution in [2.75, 3.05) is 10.6 Å². The second-order valence-corrected chi connectivity index (χ2v) is 6.71. The van der Waals surface area contributed by atoms with E-state index in [2.05, 4.69) is 16.7 Å². The molecule has 1 saturated carbocycles. The smallest absolute Gasteiger partial charge is 0.260 e. The zero-order valence-electron chi connectivity index (χ0n) is 15.2. The van der Waals surface area contributed by atoms with E-state index in [0.717, 1.165) is 12.8 Å². The van der Waals surface area contributed by atoms with Crippen LogP contribution in [-0.2, 0) is 4.79 Å². The number of hydrogen-bond donors (Lipinski definition) is 2. The molecule has 0 saturated heterocycles. The number of carbonyl (C=O) groups excluding carboxylic acids is 2. The summed E-state index contributed by atoms with van der Waals surface area (Å²) >= 11 is 0. The molecular weight excluding hydrogens is 356 g/mol. The van der Waals surface area contributed by atoms with E-state index in [0.29, 0.717) is 23.0 Å². The molecule has 1 aliphatic rings. The molecule has 4 rings (SSSR count). The Morgan fingerprint density at radius 3 is 2.46 bits per heavy atom. The maximum absolute atomic E-state index is 12.8. The minimum absolute atomic E-state index is 0.00251. The minimum atomic E-state index is -0.443. The fourth-order valence-corrected chi connectivity index (χ4v) is 3.02. The van der Waals surface area contributed by atoms with Gasteiger partial charge in [0.15, 0.2) is 0 Å². The van der Waals surface area contributed by atoms with Crippen molar-refractivity contribution in [3.05, 3.63) is 65.7 Å². The summed E-state index contributed by atoms with van der Waals surface area (Å²) < 4.78 is 7.32. The molecule has 7 heteroatoms. The zero-order chi connectivity index (χ0) is 19.7. The summed E-state index contributed by atoms with van der Waals surface area (Å²) in [6.07, 6.45) is 5.32. The van der Waals surface area contributed by atoms with Crippen LogP contribution in [0, 0.1) is 24.2 Å². The topological polar surface area (TPSA) is 100 Å². The molecule has 140 valence electrons. The standard InChI is InChI=1S/C21H18N4O3/c1-13-18(17(12-22)21(28-13)25-9-2-3-10-25)20(27)24-16-6-4-5-15(11-16)23-19(26)14-7-8-14/h2-6,9-11,14H,7-8H2,1H3,(H,23,26)(H,24,27). The number of carbonyl (C=O) groups is 2. The SMILES string of the molecule is Cc1oc(-n2cccc2)c(C#N)c1C(=O)Nc1cccc(NC(=O)C2CC2)c1. The fraction of sp³-hybridized carbons (Fsp3) is 0.190. The van der Waals surface area contributed by atoms with Crippen LogP contribution in [0.25, 0.3) is 5.88 Å². The second kappa shape index (κ2) is 7.08. The number of aryl methyl sites for hydroxylation is 1. The van der Waals surface area contributed by atoms with Gasteiger partial charge in [0.25, 0.3) is 5.91 Å². The van der Waals surface area contributed by atoms with Crippen molar-refractivity contribution in [1.29, 1.82) is 5.26 Å². The summed E-state index contributed by atoms with van der Waals surface area (Å²) in [4.78, 5) is 24.8. The monoisotopic (exact) mass is 374 g/mol. The number of hydrogen-bond acceptors (Lipinski definition) is 4. The lowest BCUT2D eigenvalue weighted by Crippen LogP contribution is -2.15. The van der Waals surface area contributed by atoms with Crippen LogP contribution in [0.5, 0.6) is 0 Å². The Balaban J connectivity index is 1.57. The number of nitrogens with zero attached hydrogens (tertiary/aromatic N) is 2. The van der Waals surface area contributed by atoms with Gasteiger partial charge in [-0.05, 0) is 50.1 Å². The highest BCUT2D eigenvalue weighted by Crippen LogP contribution is 2.31. The number of anilines is 2. The Hall–Kier alpha value is -3.79. The molecule has 7 nitrogen and oxygen atoms in total. The third-order valence-corrected chi connectivity index (χ3v) is 4.58. The van der Waals surface area contributed by atoms with Gasteiger partial charge in [-0.3, -0.25) is 14.2 Å². The molecule has 2 heterocycles. The van der Waals surface area contributed by atoms with Gasteiger partial charge in [0, 0.05) is 29.7 Å². The van der Waals surface area contributed by atoms with Crippen LogP contribution >= 0.6 is 0 Å². The number of aromatic nitrogens is 1. The Morgan fingerprint density at radius 2 is 1.82 bits per heavy atom. The van der Waals surface area contributed by atoms with Crippen molar-refractivity contribution in [3.8, 4) is 12.0 Å². The molecule has 2 N–H and O–H groups in total. The third kappa shape index (κ3) is 3.40. The van der Waals surface area contributed by atoms with E-state index >= 15 is 0 Å². The van der Waals surface area contributed by atoms with Gasteiger partial charge in [-0.15, -0.1) is 0 Å². The highest BCUT2D eigenvalue weighted by molar-refractivity contribution is 6.07. The number of benzene rings is 1. The maximum Gasteiger partial charge on any atom is 0.260 e. The van der Waals surface area contributed by atoms with E-state index in [-0.39, 0.29) is 23.0 Å². The van der Waals surface area contributed by atoms with Gasteiger partial charge in [0.1, 0.15) is 23.0 Å². The molecule has 28 heavy (non-hydrogen) atoms. The number of nitrogens with one attached hydrogen (secondary N) is 2. The number of amides is 2. The molecule has 2 aromatic heterocycles. The number of nitriles is 1. The summed E-state index contributed by atoms with van der Waals surface area (Å²) in [5.74, 6) is 0.313. The number of furan rings is 1. The first-order chi connectivity index (χ1) is 13.6. The van der Waals surface area contributed by atoms with Gasteiger partial charge >= 0.3 is 0 Å². The van der Waals surface area contributed by atoms with Crippen LogP contribution in [0.3, 0.4) is 0 Å². The van der Waals surface area contributed by atoms with Gasteiger partial charge in [0.2, 0.25) is 11.8 Å². The minimum Gasteiger partial charge on any atom is -0.443 e. The average Bonchev–Trinajstić information content (AvgIpc) is 3.28. The first kappa shape index (κ1) is 17.6. The highest BCUT2D eigenvalue weighted by Gasteiger charge is 2.29. The molecule has 1 aromatic carbocycles. The van der Waals surface area contributed by atoms with Gasteiger partial charge in [-0.25, -0.2) is 0 Å². The fourth-order valence-electron chi connectivity index (χ4n) is 3.02. The molecule has 0 aliphatic heterocycles. The Labute approximate surface area is 161 Å². The van der Waals surface area contributed by atoms with Gasteiger partial charge < -0.3 is 15.1 Å². The Kier molecular flexibility index (Phi) is 4.45. The van der Waals surface area contributed by atoms with Crippen molar-refractivity contribution >= 4 is 23.2 Å². The number of rotatable bonds is 5. The predicted molar refractivity (Wildman–Crippen MR) is 103 cm³/mol. The molecule has 1 fully saturated rings. The van der Waals surface area contributed by atoms with Crippen molar-refractivity contribution in [2.24, 2.45) is 5.92 Å². The van der Waals surface area contributed by atoms with Crippen molar-refractivity contribution in [1.82, 2.24) is 4.57 Å². The summed E-state index contributed by atoms with van der Waals surface area (Å²) in [6, 6.07) is 12.6. The summed E-state index contributed by atoms with van der Waals surface area (Å²) in [7, 11) is 0. The third-order valence-electron chi connectivity index (χ3n) is 4.58.